The molecule has 0 saturated heterocycles. The minimum absolute atomic E-state index is 0.196. The summed E-state index contributed by atoms with van der Waals surface area (Å²) in [5.74, 6) is 0.952. The van der Waals surface area contributed by atoms with Crippen LogP contribution in [0.15, 0.2) is 60.7 Å². The molecule has 1 aromatic heterocycles. The van der Waals surface area contributed by atoms with E-state index in [0.29, 0.717) is 11.2 Å². The van der Waals surface area contributed by atoms with Gasteiger partial charge in [0, 0.05) is 29.8 Å². The van der Waals surface area contributed by atoms with E-state index in [-0.39, 0.29) is 5.60 Å². The first kappa shape index (κ1) is 18.1. The molecule has 0 spiro atoms. The van der Waals surface area contributed by atoms with E-state index in [9.17, 15) is 0 Å². The normalized spacial score (nSPS) is 15.3. The van der Waals surface area contributed by atoms with Gasteiger partial charge in [0.15, 0.2) is 0 Å². The number of fused-ring (bicyclic) bond motifs is 1. The second kappa shape index (κ2) is 7.37. The Hall–Kier alpha value is -2.30. The number of rotatable bonds is 4. The second-order valence-corrected chi connectivity index (χ2v) is 8.03. The highest BCUT2D eigenvalue weighted by atomic mass is 32.1. The first-order valence-corrected chi connectivity index (χ1v) is 9.80. The van der Waals surface area contributed by atoms with Crippen LogP contribution in [0.2, 0.25) is 0 Å². The molecule has 0 amide bonds. The molecule has 138 valence electrons. The third-order valence-electron chi connectivity index (χ3n) is 5.09. The van der Waals surface area contributed by atoms with Crippen molar-refractivity contribution < 1.29 is 4.74 Å². The Morgan fingerprint density at radius 3 is 2.41 bits per heavy atom. The number of aryl methyl sites for hydroxylation is 1. The van der Waals surface area contributed by atoms with E-state index in [1.54, 1.807) is 0 Å². The lowest BCUT2D eigenvalue weighted by Crippen LogP contribution is -2.35. The third-order valence-corrected chi connectivity index (χ3v) is 5.43. The fraction of sp³-hybridized carbons (Fsp3) is 0.304. The van der Waals surface area contributed by atoms with Crippen molar-refractivity contribution >= 4 is 12.2 Å². The van der Waals surface area contributed by atoms with Crippen molar-refractivity contribution in [3.63, 3.8) is 0 Å². The monoisotopic (exact) mass is 376 g/mol. The van der Waals surface area contributed by atoms with Crippen molar-refractivity contribution in [2.45, 2.75) is 45.4 Å². The maximum Gasteiger partial charge on any atom is 0.141 e. The van der Waals surface area contributed by atoms with Gasteiger partial charge in [0.05, 0.1) is 12.2 Å². The van der Waals surface area contributed by atoms with Crippen molar-refractivity contribution in [2.24, 2.45) is 0 Å². The van der Waals surface area contributed by atoms with Crippen molar-refractivity contribution in [1.82, 2.24) is 9.55 Å². The van der Waals surface area contributed by atoms with E-state index in [0.717, 1.165) is 36.3 Å². The van der Waals surface area contributed by atoms with Gasteiger partial charge in [-0.2, -0.15) is 0 Å². The van der Waals surface area contributed by atoms with Gasteiger partial charge in [0.25, 0.3) is 0 Å². The molecular weight excluding hydrogens is 352 g/mol. The van der Waals surface area contributed by atoms with Crippen molar-refractivity contribution in [1.29, 1.82) is 0 Å². The first-order chi connectivity index (χ1) is 13.0. The molecule has 0 radical (unpaired) electrons. The van der Waals surface area contributed by atoms with Crippen LogP contribution in [0.3, 0.4) is 0 Å². The summed E-state index contributed by atoms with van der Waals surface area (Å²) in [4.78, 5) is 4.81. The van der Waals surface area contributed by atoms with Gasteiger partial charge in [-0.15, -0.1) is 0 Å². The van der Waals surface area contributed by atoms with Gasteiger partial charge in [0.2, 0.25) is 0 Å². The largest absolute Gasteiger partial charge is 0.370 e. The smallest absolute Gasteiger partial charge is 0.141 e. The summed E-state index contributed by atoms with van der Waals surface area (Å²) >= 11 is 5.63. The van der Waals surface area contributed by atoms with Crippen LogP contribution in [0.5, 0.6) is 0 Å². The standard InChI is InChI=1S/C23H24N2OS/c1-23(2)15-20-19(16-26-23)22(27)24-21(18-11-7-4-8-12-18)25(20)14-13-17-9-5-3-6-10-17/h3-12H,13-16H2,1-2H3. The molecule has 0 atom stereocenters. The first-order valence-electron chi connectivity index (χ1n) is 9.39. The topological polar surface area (TPSA) is 27.1 Å². The molecule has 0 fully saturated rings. The van der Waals surface area contributed by atoms with Crippen molar-refractivity contribution in [3.8, 4) is 11.4 Å². The summed E-state index contributed by atoms with van der Waals surface area (Å²) in [5.41, 5.74) is 4.56. The molecular formula is C23H24N2OS. The van der Waals surface area contributed by atoms with Crippen LogP contribution in [0.4, 0.5) is 0 Å². The number of aromatic nitrogens is 2. The number of hydrogen-bond donors (Lipinski definition) is 0. The molecule has 4 heteroatoms. The average Bonchev–Trinajstić information content (AvgIpc) is 2.68. The Balaban J connectivity index is 1.83. The summed E-state index contributed by atoms with van der Waals surface area (Å²) in [6, 6.07) is 20.9. The zero-order valence-corrected chi connectivity index (χ0v) is 16.6. The predicted octanol–water partition coefficient (Wildman–Crippen LogP) is 5.37. The molecule has 3 aromatic rings. The highest BCUT2D eigenvalue weighted by molar-refractivity contribution is 7.71. The predicted molar refractivity (Wildman–Crippen MR) is 111 cm³/mol. The summed E-state index contributed by atoms with van der Waals surface area (Å²) in [5, 5.41) is 0. The number of nitrogens with zero attached hydrogens (tertiary/aromatic N) is 2. The lowest BCUT2D eigenvalue weighted by molar-refractivity contribution is -0.0428. The summed E-state index contributed by atoms with van der Waals surface area (Å²) < 4.78 is 9.04. The highest BCUT2D eigenvalue weighted by Crippen LogP contribution is 2.31. The van der Waals surface area contributed by atoms with Gasteiger partial charge >= 0.3 is 0 Å². The number of benzene rings is 2. The quantitative estimate of drug-likeness (QED) is 0.573. The van der Waals surface area contributed by atoms with Gasteiger partial charge in [-0.3, -0.25) is 0 Å². The maximum atomic E-state index is 6.02. The molecule has 27 heavy (non-hydrogen) atoms. The van der Waals surface area contributed by atoms with E-state index in [4.69, 9.17) is 21.9 Å². The van der Waals surface area contributed by atoms with Crippen LogP contribution >= 0.6 is 12.2 Å². The van der Waals surface area contributed by atoms with Crippen LogP contribution in [0.1, 0.15) is 30.7 Å². The van der Waals surface area contributed by atoms with Crippen LogP contribution in [0.25, 0.3) is 11.4 Å². The van der Waals surface area contributed by atoms with Crippen LogP contribution < -0.4 is 0 Å². The Bertz CT molecular complexity index is 994. The molecule has 2 aromatic carbocycles. The SMILES string of the molecule is CC1(C)Cc2c(c(=S)nc(-c3ccccc3)n2CCc2ccccc2)CO1. The zero-order chi connectivity index (χ0) is 18.9. The average molecular weight is 377 g/mol. The Labute approximate surface area is 165 Å². The van der Waals surface area contributed by atoms with Gasteiger partial charge < -0.3 is 9.30 Å². The minimum Gasteiger partial charge on any atom is -0.370 e. The van der Waals surface area contributed by atoms with E-state index >= 15 is 0 Å². The summed E-state index contributed by atoms with van der Waals surface area (Å²) in [6.45, 7) is 5.69. The molecule has 2 heterocycles. The van der Waals surface area contributed by atoms with Crippen LogP contribution in [-0.2, 0) is 30.7 Å². The fourth-order valence-electron chi connectivity index (χ4n) is 3.64. The minimum atomic E-state index is -0.196. The molecule has 4 rings (SSSR count). The van der Waals surface area contributed by atoms with Gasteiger partial charge in [-0.05, 0) is 25.8 Å². The molecule has 1 aliphatic rings. The van der Waals surface area contributed by atoms with Crippen molar-refractivity contribution in [2.75, 3.05) is 0 Å². The molecule has 0 unspecified atom stereocenters. The summed E-state index contributed by atoms with van der Waals surface area (Å²) in [6.07, 6.45) is 1.79. The highest BCUT2D eigenvalue weighted by Gasteiger charge is 2.30. The van der Waals surface area contributed by atoms with Gasteiger partial charge in [-0.1, -0.05) is 72.9 Å². The molecule has 0 bridgehead atoms. The van der Waals surface area contributed by atoms with Crippen molar-refractivity contribution in [3.05, 3.63) is 82.1 Å². The summed E-state index contributed by atoms with van der Waals surface area (Å²) in [7, 11) is 0. The molecule has 1 aliphatic heterocycles. The van der Waals surface area contributed by atoms with E-state index in [1.165, 1.54) is 11.3 Å². The fourth-order valence-corrected chi connectivity index (χ4v) is 3.90. The van der Waals surface area contributed by atoms with Gasteiger partial charge in [-0.25, -0.2) is 4.98 Å². The zero-order valence-electron chi connectivity index (χ0n) is 15.8. The molecule has 0 aliphatic carbocycles. The Morgan fingerprint density at radius 2 is 1.70 bits per heavy atom. The third kappa shape index (κ3) is 3.87. The number of hydrogen-bond acceptors (Lipinski definition) is 3. The van der Waals surface area contributed by atoms with Crippen LogP contribution in [-0.4, -0.2) is 15.2 Å². The van der Waals surface area contributed by atoms with E-state index in [1.807, 2.05) is 18.2 Å². The molecule has 3 nitrogen and oxygen atoms in total. The Morgan fingerprint density at radius 1 is 1.04 bits per heavy atom. The maximum absolute atomic E-state index is 6.02. The lowest BCUT2D eigenvalue weighted by atomic mass is 9.95. The molecule has 0 N–H and O–H groups in total. The lowest BCUT2D eigenvalue weighted by Gasteiger charge is -2.34. The molecule has 0 saturated carbocycles. The Kier molecular flexibility index (Phi) is 4.94. The van der Waals surface area contributed by atoms with E-state index < -0.39 is 0 Å². The van der Waals surface area contributed by atoms with Crippen LogP contribution in [0, 0.1) is 4.64 Å². The number of ether oxygens (including phenoxy) is 1. The van der Waals surface area contributed by atoms with E-state index in [2.05, 4.69) is 60.9 Å². The second-order valence-electron chi connectivity index (χ2n) is 7.64. The van der Waals surface area contributed by atoms with Gasteiger partial charge in [0.1, 0.15) is 10.5 Å².